The standard InChI is InChI=1S/C15H22N2O2/c1-11(18)5-4-8-16-15(19)14-9-12-6-2-3-7-13(12)10-17-14/h2-3,6-7,11,14,17-18H,4-5,8-10H2,1H3,(H,16,19)/t11?,14-/m0/s1. The number of aliphatic hydroxyl groups is 1. The molecule has 2 rings (SSSR count). The number of aliphatic hydroxyl groups excluding tert-OH is 1. The zero-order chi connectivity index (χ0) is 13.7. The summed E-state index contributed by atoms with van der Waals surface area (Å²) in [5, 5.41) is 15.3. The average molecular weight is 262 g/mol. The maximum atomic E-state index is 12.0. The van der Waals surface area contributed by atoms with Crippen molar-refractivity contribution < 1.29 is 9.90 Å². The summed E-state index contributed by atoms with van der Waals surface area (Å²) in [5.41, 5.74) is 2.53. The molecule has 0 spiro atoms. The number of rotatable bonds is 5. The lowest BCUT2D eigenvalue weighted by Gasteiger charge is -2.25. The molecule has 3 N–H and O–H groups in total. The molecular weight excluding hydrogens is 240 g/mol. The van der Waals surface area contributed by atoms with E-state index >= 15 is 0 Å². The molecule has 0 saturated heterocycles. The van der Waals surface area contributed by atoms with Crippen molar-refractivity contribution in [2.75, 3.05) is 6.54 Å². The second kappa shape index (κ2) is 6.68. The van der Waals surface area contributed by atoms with Crippen LogP contribution in [0.5, 0.6) is 0 Å². The third kappa shape index (κ3) is 4.04. The molecule has 0 fully saturated rings. The fraction of sp³-hybridized carbons (Fsp3) is 0.533. The summed E-state index contributed by atoms with van der Waals surface area (Å²) in [6, 6.07) is 8.09. The van der Waals surface area contributed by atoms with Crippen LogP contribution in [0.25, 0.3) is 0 Å². The smallest absolute Gasteiger partial charge is 0.237 e. The van der Waals surface area contributed by atoms with Gasteiger partial charge in [-0.2, -0.15) is 0 Å². The fourth-order valence-corrected chi connectivity index (χ4v) is 2.37. The number of carbonyl (C=O) groups is 1. The van der Waals surface area contributed by atoms with E-state index in [-0.39, 0.29) is 18.1 Å². The molecule has 1 heterocycles. The summed E-state index contributed by atoms with van der Waals surface area (Å²) in [4.78, 5) is 12.0. The maximum Gasteiger partial charge on any atom is 0.237 e. The number of hydrogen-bond donors (Lipinski definition) is 3. The first-order chi connectivity index (χ1) is 9.16. The predicted molar refractivity (Wildman–Crippen MR) is 74.7 cm³/mol. The van der Waals surface area contributed by atoms with E-state index in [1.165, 1.54) is 11.1 Å². The van der Waals surface area contributed by atoms with Crippen LogP contribution in [-0.4, -0.2) is 29.7 Å². The van der Waals surface area contributed by atoms with E-state index in [1.807, 2.05) is 12.1 Å². The van der Waals surface area contributed by atoms with Crippen LogP contribution in [0.15, 0.2) is 24.3 Å². The quantitative estimate of drug-likeness (QED) is 0.693. The van der Waals surface area contributed by atoms with E-state index in [4.69, 9.17) is 5.11 Å². The first-order valence-corrected chi connectivity index (χ1v) is 6.93. The second-order valence-corrected chi connectivity index (χ2v) is 5.19. The molecule has 1 aliphatic rings. The van der Waals surface area contributed by atoms with Gasteiger partial charge in [-0.25, -0.2) is 0 Å². The SMILES string of the molecule is CC(O)CCCNC(=O)[C@@H]1Cc2ccccc2CN1. The highest BCUT2D eigenvalue weighted by Crippen LogP contribution is 2.16. The third-order valence-corrected chi connectivity index (χ3v) is 3.50. The second-order valence-electron chi connectivity index (χ2n) is 5.19. The summed E-state index contributed by atoms with van der Waals surface area (Å²) < 4.78 is 0. The van der Waals surface area contributed by atoms with Gasteiger partial charge in [0, 0.05) is 13.1 Å². The lowest BCUT2D eigenvalue weighted by Crippen LogP contribution is -2.47. The molecule has 2 atom stereocenters. The number of carbonyl (C=O) groups excluding carboxylic acids is 1. The van der Waals surface area contributed by atoms with Gasteiger partial charge >= 0.3 is 0 Å². The first kappa shape index (κ1) is 14.0. The normalized spacial score (nSPS) is 19.6. The molecule has 4 heteroatoms. The Labute approximate surface area is 114 Å². The van der Waals surface area contributed by atoms with Gasteiger partial charge in [0.2, 0.25) is 5.91 Å². The maximum absolute atomic E-state index is 12.0. The van der Waals surface area contributed by atoms with E-state index in [1.54, 1.807) is 6.92 Å². The van der Waals surface area contributed by atoms with Crippen LogP contribution < -0.4 is 10.6 Å². The number of nitrogens with one attached hydrogen (secondary N) is 2. The highest BCUT2D eigenvalue weighted by atomic mass is 16.3. The van der Waals surface area contributed by atoms with Crippen molar-refractivity contribution in [2.45, 2.75) is 44.9 Å². The Kier molecular flexibility index (Phi) is 4.93. The average Bonchev–Trinajstić information content (AvgIpc) is 2.42. The molecule has 104 valence electrons. The summed E-state index contributed by atoms with van der Waals surface area (Å²) >= 11 is 0. The molecule has 0 saturated carbocycles. The van der Waals surface area contributed by atoms with Crippen LogP contribution in [0, 0.1) is 0 Å². The predicted octanol–water partition coefficient (Wildman–Crippen LogP) is 0.978. The van der Waals surface area contributed by atoms with E-state index in [2.05, 4.69) is 22.8 Å². The van der Waals surface area contributed by atoms with Crippen molar-refractivity contribution in [2.24, 2.45) is 0 Å². The Hall–Kier alpha value is -1.39. The number of benzene rings is 1. The van der Waals surface area contributed by atoms with Gasteiger partial charge in [0.15, 0.2) is 0 Å². The van der Waals surface area contributed by atoms with Crippen LogP contribution in [0.4, 0.5) is 0 Å². The minimum atomic E-state index is -0.295. The largest absolute Gasteiger partial charge is 0.393 e. The fourth-order valence-electron chi connectivity index (χ4n) is 2.37. The minimum absolute atomic E-state index is 0.0556. The monoisotopic (exact) mass is 262 g/mol. The summed E-state index contributed by atoms with van der Waals surface area (Å²) in [6.07, 6.45) is 1.99. The van der Waals surface area contributed by atoms with Crippen LogP contribution in [0.1, 0.15) is 30.9 Å². The van der Waals surface area contributed by atoms with Crippen molar-refractivity contribution in [3.05, 3.63) is 35.4 Å². The van der Waals surface area contributed by atoms with Crippen molar-refractivity contribution >= 4 is 5.91 Å². The minimum Gasteiger partial charge on any atom is -0.393 e. The number of hydrogen-bond acceptors (Lipinski definition) is 3. The van der Waals surface area contributed by atoms with Gasteiger partial charge in [0.1, 0.15) is 0 Å². The van der Waals surface area contributed by atoms with Gasteiger partial charge in [0.05, 0.1) is 12.1 Å². The van der Waals surface area contributed by atoms with Crippen LogP contribution in [0.3, 0.4) is 0 Å². The van der Waals surface area contributed by atoms with Crippen LogP contribution in [0.2, 0.25) is 0 Å². The van der Waals surface area contributed by atoms with E-state index in [0.717, 1.165) is 25.8 Å². The number of amides is 1. The Morgan fingerprint density at radius 3 is 2.95 bits per heavy atom. The number of fused-ring (bicyclic) bond motifs is 1. The lowest BCUT2D eigenvalue weighted by molar-refractivity contribution is -0.123. The van der Waals surface area contributed by atoms with Crippen molar-refractivity contribution in [3.8, 4) is 0 Å². The molecule has 0 aromatic heterocycles. The molecule has 1 aromatic rings. The first-order valence-electron chi connectivity index (χ1n) is 6.93. The van der Waals surface area contributed by atoms with Gasteiger partial charge in [-0.15, -0.1) is 0 Å². The van der Waals surface area contributed by atoms with Crippen LogP contribution >= 0.6 is 0 Å². The van der Waals surface area contributed by atoms with Gasteiger partial charge in [-0.05, 0) is 37.3 Å². The Morgan fingerprint density at radius 2 is 2.21 bits per heavy atom. The van der Waals surface area contributed by atoms with E-state index < -0.39 is 0 Å². The highest BCUT2D eigenvalue weighted by molar-refractivity contribution is 5.82. The summed E-state index contributed by atoms with van der Waals surface area (Å²) in [7, 11) is 0. The van der Waals surface area contributed by atoms with Gasteiger partial charge < -0.3 is 15.7 Å². The summed E-state index contributed by atoms with van der Waals surface area (Å²) in [6.45, 7) is 3.15. The molecular formula is C15H22N2O2. The van der Waals surface area contributed by atoms with Gasteiger partial charge in [-0.1, -0.05) is 24.3 Å². The molecule has 0 aliphatic carbocycles. The topological polar surface area (TPSA) is 61.4 Å². The van der Waals surface area contributed by atoms with Crippen molar-refractivity contribution in [3.63, 3.8) is 0 Å². The Bertz CT molecular complexity index is 432. The Morgan fingerprint density at radius 1 is 1.47 bits per heavy atom. The highest BCUT2D eigenvalue weighted by Gasteiger charge is 2.23. The van der Waals surface area contributed by atoms with Crippen molar-refractivity contribution in [1.82, 2.24) is 10.6 Å². The molecule has 19 heavy (non-hydrogen) atoms. The molecule has 1 aromatic carbocycles. The molecule has 0 bridgehead atoms. The van der Waals surface area contributed by atoms with E-state index in [0.29, 0.717) is 6.54 Å². The molecule has 4 nitrogen and oxygen atoms in total. The lowest BCUT2D eigenvalue weighted by atomic mass is 9.95. The third-order valence-electron chi connectivity index (χ3n) is 3.50. The van der Waals surface area contributed by atoms with Gasteiger partial charge in [-0.3, -0.25) is 4.79 Å². The van der Waals surface area contributed by atoms with Crippen molar-refractivity contribution in [1.29, 1.82) is 0 Å². The van der Waals surface area contributed by atoms with Crippen LogP contribution in [-0.2, 0) is 17.8 Å². The van der Waals surface area contributed by atoms with E-state index in [9.17, 15) is 4.79 Å². The molecule has 1 amide bonds. The molecule has 1 unspecified atom stereocenters. The zero-order valence-electron chi connectivity index (χ0n) is 11.4. The molecule has 0 radical (unpaired) electrons. The summed E-state index contributed by atoms with van der Waals surface area (Å²) in [5.74, 6) is 0.0556. The zero-order valence-corrected chi connectivity index (χ0v) is 11.4. The Balaban J connectivity index is 1.79. The molecule has 1 aliphatic heterocycles. The van der Waals surface area contributed by atoms with Gasteiger partial charge in [0.25, 0.3) is 0 Å².